The van der Waals surface area contributed by atoms with Crippen LogP contribution in [0.1, 0.15) is 25.7 Å². The Labute approximate surface area is 158 Å². The number of benzene rings is 1. The number of hydrogen-bond acceptors (Lipinski definition) is 4. The van der Waals surface area contributed by atoms with Gasteiger partial charge in [0.1, 0.15) is 6.54 Å². The highest BCUT2D eigenvalue weighted by molar-refractivity contribution is 7.89. The quantitative estimate of drug-likeness (QED) is 0.842. The maximum atomic E-state index is 12.7. The maximum Gasteiger partial charge on any atom is 0.262 e. The number of halogens is 1. The Morgan fingerprint density at radius 2 is 1.92 bits per heavy atom. The number of hydrogen-bond donors (Lipinski definition) is 1. The molecule has 9 heteroatoms. The molecule has 1 N–H and O–H groups in total. The summed E-state index contributed by atoms with van der Waals surface area (Å²) in [7, 11) is -3.61. The highest BCUT2D eigenvalue weighted by Gasteiger charge is 2.27. The third kappa shape index (κ3) is 4.63. The second kappa shape index (κ2) is 8.20. The van der Waals surface area contributed by atoms with Crippen LogP contribution in [0.15, 0.2) is 41.8 Å². The van der Waals surface area contributed by atoms with E-state index in [0.717, 1.165) is 25.7 Å². The first kappa shape index (κ1) is 18.9. The van der Waals surface area contributed by atoms with E-state index in [2.05, 4.69) is 10.3 Å². The fraction of sp³-hybridized carbons (Fsp3) is 0.412. The average molecular weight is 397 g/mol. The van der Waals surface area contributed by atoms with Crippen LogP contribution in [0.4, 0.5) is 5.69 Å². The van der Waals surface area contributed by atoms with Gasteiger partial charge in [-0.15, -0.1) is 0 Å². The molecule has 1 aliphatic rings. The first-order valence-electron chi connectivity index (χ1n) is 8.52. The van der Waals surface area contributed by atoms with Gasteiger partial charge in [-0.25, -0.2) is 13.4 Å². The SMILES string of the molecule is O=C(Cn1cnc(S(=O)(=O)N2CCCCCC2)c1)Nc1cccc(Cl)c1. The molecule has 140 valence electrons. The highest BCUT2D eigenvalue weighted by atomic mass is 35.5. The molecule has 1 fully saturated rings. The second-order valence-electron chi connectivity index (χ2n) is 6.26. The van der Waals surface area contributed by atoms with E-state index in [1.165, 1.54) is 21.4 Å². The van der Waals surface area contributed by atoms with Crippen LogP contribution in [0.5, 0.6) is 0 Å². The summed E-state index contributed by atoms with van der Waals surface area (Å²) in [5, 5.41) is 3.22. The van der Waals surface area contributed by atoms with Gasteiger partial charge in [-0.3, -0.25) is 4.79 Å². The van der Waals surface area contributed by atoms with Gasteiger partial charge in [-0.1, -0.05) is 30.5 Å². The zero-order valence-electron chi connectivity index (χ0n) is 14.3. The predicted molar refractivity (Wildman–Crippen MR) is 99.5 cm³/mol. The van der Waals surface area contributed by atoms with Crippen LogP contribution < -0.4 is 5.32 Å². The molecule has 0 radical (unpaired) electrons. The molecule has 2 heterocycles. The Kier molecular flexibility index (Phi) is 5.95. The molecular weight excluding hydrogens is 376 g/mol. The molecule has 2 aromatic rings. The van der Waals surface area contributed by atoms with E-state index >= 15 is 0 Å². The normalized spacial score (nSPS) is 16.2. The number of aromatic nitrogens is 2. The molecule has 1 aromatic carbocycles. The minimum Gasteiger partial charge on any atom is -0.327 e. The predicted octanol–water partition coefficient (Wildman–Crippen LogP) is 2.74. The van der Waals surface area contributed by atoms with Crippen molar-refractivity contribution in [1.29, 1.82) is 0 Å². The van der Waals surface area contributed by atoms with E-state index in [-0.39, 0.29) is 17.5 Å². The molecular formula is C17H21ClN4O3S. The molecule has 1 aliphatic heterocycles. The Morgan fingerprint density at radius 1 is 1.19 bits per heavy atom. The molecule has 0 atom stereocenters. The van der Waals surface area contributed by atoms with Crippen molar-refractivity contribution in [2.24, 2.45) is 0 Å². The first-order chi connectivity index (χ1) is 12.4. The van der Waals surface area contributed by atoms with Gasteiger partial charge in [-0.05, 0) is 31.0 Å². The standard InChI is InChI=1S/C17H21ClN4O3S/c18-14-6-5-7-15(10-14)20-16(23)11-21-12-17(19-13-21)26(24,25)22-8-3-1-2-4-9-22/h5-7,10,12-13H,1-4,8-9,11H2,(H,20,23). The van der Waals surface area contributed by atoms with Gasteiger partial charge in [0.25, 0.3) is 10.0 Å². The molecule has 0 saturated carbocycles. The van der Waals surface area contributed by atoms with Crippen molar-refractivity contribution in [3.63, 3.8) is 0 Å². The number of nitrogens with one attached hydrogen (secondary N) is 1. The van der Waals surface area contributed by atoms with Crippen LogP contribution in [-0.2, 0) is 21.4 Å². The largest absolute Gasteiger partial charge is 0.327 e. The molecule has 7 nitrogen and oxygen atoms in total. The number of imidazole rings is 1. The lowest BCUT2D eigenvalue weighted by molar-refractivity contribution is -0.116. The molecule has 26 heavy (non-hydrogen) atoms. The van der Waals surface area contributed by atoms with Crippen molar-refractivity contribution < 1.29 is 13.2 Å². The summed E-state index contributed by atoms with van der Waals surface area (Å²) in [5.41, 5.74) is 0.583. The monoisotopic (exact) mass is 396 g/mol. The van der Waals surface area contributed by atoms with Crippen LogP contribution in [0.25, 0.3) is 0 Å². The van der Waals surface area contributed by atoms with Gasteiger partial charge in [0.2, 0.25) is 5.91 Å². The third-order valence-corrected chi connectivity index (χ3v) is 6.23. The van der Waals surface area contributed by atoms with Crippen LogP contribution >= 0.6 is 11.6 Å². The van der Waals surface area contributed by atoms with Crippen molar-refractivity contribution in [3.05, 3.63) is 41.8 Å². The van der Waals surface area contributed by atoms with E-state index in [4.69, 9.17) is 11.6 Å². The lowest BCUT2D eigenvalue weighted by atomic mass is 10.2. The van der Waals surface area contributed by atoms with Gasteiger partial charge in [0.15, 0.2) is 5.03 Å². The maximum absolute atomic E-state index is 12.7. The third-order valence-electron chi connectivity index (χ3n) is 4.21. The summed E-state index contributed by atoms with van der Waals surface area (Å²) in [4.78, 5) is 16.1. The molecule has 0 unspecified atom stereocenters. The summed E-state index contributed by atoms with van der Waals surface area (Å²) in [6.07, 6.45) is 6.58. The van der Waals surface area contributed by atoms with Crippen molar-refractivity contribution in [3.8, 4) is 0 Å². The molecule has 0 spiro atoms. The number of sulfonamides is 1. The summed E-state index contributed by atoms with van der Waals surface area (Å²) in [6.45, 7) is 1.00. The van der Waals surface area contributed by atoms with Crippen molar-refractivity contribution in [1.82, 2.24) is 13.9 Å². The van der Waals surface area contributed by atoms with E-state index in [9.17, 15) is 13.2 Å². The summed E-state index contributed by atoms with van der Waals surface area (Å²) in [5.74, 6) is -0.289. The Balaban J connectivity index is 1.66. The van der Waals surface area contributed by atoms with Crippen LogP contribution in [0, 0.1) is 0 Å². The van der Waals surface area contributed by atoms with E-state index in [0.29, 0.717) is 23.8 Å². The Bertz CT molecular complexity index is 874. The molecule has 1 aromatic heterocycles. The lowest BCUT2D eigenvalue weighted by Crippen LogP contribution is -2.32. The van der Waals surface area contributed by atoms with E-state index in [1.54, 1.807) is 24.3 Å². The second-order valence-corrected chi connectivity index (χ2v) is 8.58. The summed E-state index contributed by atoms with van der Waals surface area (Å²) in [6, 6.07) is 6.82. The van der Waals surface area contributed by atoms with Gasteiger partial charge < -0.3 is 9.88 Å². The topological polar surface area (TPSA) is 84.3 Å². The van der Waals surface area contributed by atoms with Gasteiger partial charge in [0, 0.05) is 30.0 Å². The van der Waals surface area contributed by atoms with Gasteiger partial charge >= 0.3 is 0 Å². The van der Waals surface area contributed by atoms with Crippen molar-refractivity contribution >= 4 is 33.2 Å². The smallest absolute Gasteiger partial charge is 0.262 e. The number of carbonyl (C=O) groups is 1. The van der Waals surface area contributed by atoms with Gasteiger partial charge in [-0.2, -0.15) is 4.31 Å². The molecule has 1 amide bonds. The zero-order valence-corrected chi connectivity index (χ0v) is 15.8. The van der Waals surface area contributed by atoms with Crippen LogP contribution in [-0.4, -0.2) is 41.3 Å². The molecule has 1 saturated heterocycles. The van der Waals surface area contributed by atoms with Crippen LogP contribution in [0.2, 0.25) is 5.02 Å². The van der Waals surface area contributed by atoms with E-state index < -0.39 is 10.0 Å². The fourth-order valence-corrected chi connectivity index (χ4v) is 4.55. The Morgan fingerprint density at radius 3 is 2.62 bits per heavy atom. The number of nitrogens with zero attached hydrogens (tertiary/aromatic N) is 3. The lowest BCUT2D eigenvalue weighted by Gasteiger charge is -2.18. The molecule has 3 rings (SSSR count). The van der Waals surface area contributed by atoms with Crippen molar-refractivity contribution in [2.45, 2.75) is 37.3 Å². The van der Waals surface area contributed by atoms with Gasteiger partial charge in [0.05, 0.1) is 6.33 Å². The minimum atomic E-state index is -3.61. The number of rotatable bonds is 5. The zero-order chi connectivity index (χ0) is 18.6. The van der Waals surface area contributed by atoms with E-state index in [1.807, 2.05) is 0 Å². The number of carbonyl (C=O) groups excluding carboxylic acids is 1. The Hall–Kier alpha value is -1.90. The minimum absolute atomic E-state index is 0.0186. The molecule has 0 aliphatic carbocycles. The summed E-state index contributed by atoms with van der Waals surface area (Å²) < 4.78 is 28.4. The molecule has 0 bridgehead atoms. The first-order valence-corrected chi connectivity index (χ1v) is 10.3. The summed E-state index contributed by atoms with van der Waals surface area (Å²) >= 11 is 5.89. The number of amides is 1. The average Bonchev–Trinajstić information content (AvgIpc) is 2.88. The van der Waals surface area contributed by atoms with Crippen LogP contribution in [0.3, 0.4) is 0 Å². The fourth-order valence-electron chi connectivity index (χ4n) is 2.91. The highest BCUT2D eigenvalue weighted by Crippen LogP contribution is 2.19. The number of anilines is 1. The van der Waals surface area contributed by atoms with Crippen molar-refractivity contribution in [2.75, 3.05) is 18.4 Å².